The minimum Gasteiger partial charge on any atom is -0.445 e. The van der Waals surface area contributed by atoms with Crippen molar-refractivity contribution in [1.29, 1.82) is 0 Å². The summed E-state index contributed by atoms with van der Waals surface area (Å²) in [6.45, 7) is 2.24. The Morgan fingerprint density at radius 2 is 1.88 bits per heavy atom. The summed E-state index contributed by atoms with van der Waals surface area (Å²) in [4.78, 5) is 37.5. The van der Waals surface area contributed by atoms with Crippen molar-refractivity contribution in [2.24, 2.45) is 13.0 Å². The summed E-state index contributed by atoms with van der Waals surface area (Å²) in [5, 5.41) is 4.04. The molecule has 5 aromatic rings. The maximum absolute atomic E-state index is 13.6. The monoisotopic (exact) mass is 562 g/mol. The molecule has 9 nitrogen and oxygen atoms in total. The van der Waals surface area contributed by atoms with Gasteiger partial charge in [-0.1, -0.05) is 30.3 Å². The van der Waals surface area contributed by atoms with E-state index in [-0.39, 0.29) is 18.6 Å². The van der Waals surface area contributed by atoms with Crippen LogP contribution in [-0.4, -0.2) is 55.1 Å². The van der Waals surface area contributed by atoms with Crippen LogP contribution in [-0.2, 0) is 24.9 Å². The molecule has 3 aromatic heterocycles. The van der Waals surface area contributed by atoms with Gasteiger partial charge in [0.05, 0.1) is 16.7 Å². The largest absolute Gasteiger partial charge is 0.445 e. The predicted molar refractivity (Wildman–Crippen MR) is 161 cm³/mol. The van der Waals surface area contributed by atoms with Crippen molar-refractivity contribution in [2.75, 3.05) is 13.1 Å². The number of likely N-dealkylation sites (tertiary alicyclic amines) is 1. The summed E-state index contributed by atoms with van der Waals surface area (Å²) >= 11 is 0. The number of hydrogen-bond donors (Lipinski definition) is 1. The number of aromatic nitrogens is 4. The molecule has 0 spiro atoms. The van der Waals surface area contributed by atoms with Gasteiger partial charge >= 0.3 is 6.09 Å². The standard InChI is InChI=1S/C33H34N6O3/c1-37-28-14-13-25(32(40)38-16-6-10-26(20-38)35-33(41)42-21-23-7-3-2-4-8-23)17-27(28)36-31(37)29-18-24-9-5-15-34-30(24)39(29)19-22-11-12-22/h2-5,7-9,13-15,17-18,22,26H,6,10-12,16,19-21H2,1H3,(H,35,41). The third-order valence-corrected chi connectivity index (χ3v) is 8.39. The van der Waals surface area contributed by atoms with Crippen molar-refractivity contribution in [2.45, 2.75) is 44.9 Å². The summed E-state index contributed by atoms with van der Waals surface area (Å²) in [7, 11) is 2.02. The van der Waals surface area contributed by atoms with Gasteiger partial charge in [-0.3, -0.25) is 4.79 Å². The van der Waals surface area contributed by atoms with E-state index in [2.05, 4.69) is 31.6 Å². The SMILES string of the molecule is Cn1c(-c2cc3cccnc3n2CC2CC2)nc2cc(C(=O)N3CCCC(NC(=O)OCc4ccccc4)C3)ccc21. The molecule has 7 rings (SSSR count). The molecule has 1 saturated heterocycles. The second kappa shape index (κ2) is 11.0. The van der Waals surface area contributed by atoms with Crippen LogP contribution in [0, 0.1) is 5.92 Å². The number of ether oxygens (including phenoxy) is 1. The fourth-order valence-corrected chi connectivity index (χ4v) is 5.97. The average molecular weight is 563 g/mol. The van der Waals surface area contributed by atoms with Gasteiger partial charge in [0.15, 0.2) is 5.82 Å². The molecule has 0 radical (unpaired) electrons. The Morgan fingerprint density at radius 1 is 1.02 bits per heavy atom. The molecule has 1 aliphatic carbocycles. The highest BCUT2D eigenvalue weighted by atomic mass is 16.5. The van der Waals surface area contributed by atoms with E-state index in [1.54, 1.807) is 0 Å². The second-order valence-electron chi connectivity index (χ2n) is 11.5. The van der Waals surface area contributed by atoms with Gasteiger partial charge in [-0.15, -0.1) is 0 Å². The first kappa shape index (κ1) is 26.3. The summed E-state index contributed by atoms with van der Waals surface area (Å²) in [5.41, 5.74) is 5.32. The van der Waals surface area contributed by atoms with Crippen LogP contribution in [0.5, 0.6) is 0 Å². The highest BCUT2D eigenvalue weighted by Crippen LogP contribution is 2.36. The van der Waals surface area contributed by atoms with Crippen molar-refractivity contribution >= 4 is 34.1 Å². The number of carbonyl (C=O) groups excluding carboxylic acids is 2. The molecular weight excluding hydrogens is 528 g/mol. The smallest absolute Gasteiger partial charge is 0.407 e. The molecule has 42 heavy (non-hydrogen) atoms. The summed E-state index contributed by atoms with van der Waals surface area (Å²) < 4.78 is 9.79. The van der Waals surface area contributed by atoms with Gasteiger partial charge in [0, 0.05) is 49.9 Å². The maximum atomic E-state index is 13.6. The average Bonchev–Trinajstić information content (AvgIpc) is 3.69. The van der Waals surface area contributed by atoms with Gasteiger partial charge in [-0.2, -0.15) is 0 Å². The van der Waals surface area contributed by atoms with Gasteiger partial charge in [0.2, 0.25) is 0 Å². The summed E-state index contributed by atoms with van der Waals surface area (Å²) in [5.74, 6) is 1.50. The zero-order valence-corrected chi connectivity index (χ0v) is 23.7. The normalized spacial score (nSPS) is 17.1. The van der Waals surface area contributed by atoms with Crippen LogP contribution in [0.15, 0.2) is 72.9 Å². The molecule has 2 aromatic carbocycles. The number of alkyl carbamates (subject to hydrolysis) is 1. The predicted octanol–water partition coefficient (Wildman–Crippen LogP) is 5.53. The number of nitrogens with one attached hydrogen (secondary N) is 1. The molecule has 214 valence electrons. The lowest BCUT2D eigenvalue weighted by molar-refractivity contribution is 0.0683. The van der Waals surface area contributed by atoms with Crippen molar-refractivity contribution in [3.8, 4) is 11.5 Å². The molecule has 4 heterocycles. The molecule has 2 amide bonds. The van der Waals surface area contributed by atoms with Crippen LogP contribution in [0.4, 0.5) is 4.79 Å². The van der Waals surface area contributed by atoms with E-state index < -0.39 is 6.09 Å². The van der Waals surface area contributed by atoms with E-state index in [0.29, 0.717) is 24.6 Å². The molecule has 1 unspecified atom stereocenters. The lowest BCUT2D eigenvalue weighted by Crippen LogP contribution is -2.49. The number of pyridine rings is 1. The lowest BCUT2D eigenvalue weighted by Gasteiger charge is -2.33. The molecule has 0 bridgehead atoms. The third-order valence-electron chi connectivity index (χ3n) is 8.39. The van der Waals surface area contributed by atoms with Gasteiger partial charge in [0.1, 0.15) is 12.3 Å². The lowest BCUT2D eigenvalue weighted by atomic mass is 10.0. The first-order valence-corrected chi connectivity index (χ1v) is 14.7. The molecule has 1 N–H and O–H groups in total. The van der Waals surface area contributed by atoms with Crippen molar-refractivity contribution in [3.63, 3.8) is 0 Å². The van der Waals surface area contributed by atoms with E-state index >= 15 is 0 Å². The summed E-state index contributed by atoms with van der Waals surface area (Å²) in [6.07, 6.45) is 5.50. The first-order chi connectivity index (χ1) is 20.5. The van der Waals surface area contributed by atoms with Crippen LogP contribution >= 0.6 is 0 Å². The summed E-state index contributed by atoms with van der Waals surface area (Å²) in [6, 6.07) is 21.4. The van der Waals surface area contributed by atoms with Crippen molar-refractivity contribution < 1.29 is 14.3 Å². The molecule has 2 fully saturated rings. The van der Waals surface area contributed by atoms with E-state index in [4.69, 9.17) is 9.72 Å². The number of rotatable bonds is 7. The molecular formula is C33H34N6O3. The fourth-order valence-electron chi connectivity index (χ4n) is 5.97. The quantitative estimate of drug-likeness (QED) is 0.282. The van der Waals surface area contributed by atoms with Gasteiger partial charge in [-0.25, -0.2) is 14.8 Å². The van der Waals surface area contributed by atoms with Crippen LogP contribution < -0.4 is 5.32 Å². The highest BCUT2D eigenvalue weighted by Gasteiger charge is 2.28. The Labute approximate surface area is 244 Å². The van der Waals surface area contributed by atoms with Gasteiger partial charge in [-0.05, 0) is 73.6 Å². The van der Waals surface area contributed by atoms with Crippen LogP contribution in [0.1, 0.15) is 41.6 Å². The second-order valence-corrected chi connectivity index (χ2v) is 11.5. The van der Waals surface area contributed by atoms with Gasteiger partial charge in [0.25, 0.3) is 5.91 Å². The zero-order chi connectivity index (χ0) is 28.6. The fraction of sp³-hybridized carbons (Fsp3) is 0.333. The minimum absolute atomic E-state index is 0.0553. The number of hydrogen-bond acceptors (Lipinski definition) is 5. The Bertz CT molecular complexity index is 1770. The minimum atomic E-state index is -0.463. The third kappa shape index (κ3) is 5.22. The van der Waals surface area contributed by atoms with Crippen molar-refractivity contribution in [3.05, 3.63) is 84.1 Å². The number of piperidine rings is 1. The van der Waals surface area contributed by atoms with E-state index in [9.17, 15) is 9.59 Å². The number of benzene rings is 2. The van der Waals surface area contributed by atoms with Crippen LogP contribution in [0.2, 0.25) is 0 Å². The number of amides is 2. The Hall–Kier alpha value is -4.66. The van der Waals surface area contributed by atoms with Crippen LogP contribution in [0.3, 0.4) is 0 Å². The first-order valence-electron chi connectivity index (χ1n) is 14.7. The number of nitrogens with zero attached hydrogens (tertiary/aromatic N) is 5. The number of fused-ring (bicyclic) bond motifs is 2. The highest BCUT2D eigenvalue weighted by molar-refractivity contribution is 5.98. The maximum Gasteiger partial charge on any atom is 0.407 e. The molecule has 1 atom stereocenters. The topological polar surface area (TPSA) is 94.3 Å². The van der Waals surface area contributed by atoms with E-state index in [0.717, 1.165) is 58.5 Å². The molecule has 1 saturated carbocycles. The molecule has 9 heteroatoms. The number of aryl methyl sites for hydroxylation is 1. The number of imidazole rings is 1. The van der Waals surface area contributed by atoms with E-state index in [1.807, 2.05) is 72.7 Å². The Balaban J connectivity index is 1.08. The Morgan fingerprint density at radius 3 is 2.71 bits per heavy atom. The van der Waals surface area contributed by atoms with Gasteiger partial charge < -0.3 is 24.1 Å². The van der Waals surface area contributed by atoms with E-state index in [1.165, 1.54) is 12.8 Å². The zero-order valence-electron chi connectivity index (χ0n) is 23.7. The van der Waals surface area contributed by atoms with Crippen LogP contribution in [0.25, 0.3) is 33.6 Å². The molecule has 2 aliphatic rings. The molecule has 1 aliphatic heterocycles. The number of carbonyl (C=O) groups is 2. The van der Waals surface area contributed by atoms with Crippen molar-refractivity contribution in [1.82, 2.24) is 29.3 Å². The Kier molecular flexibility index (Phi) is 6.85.